The average molecular weight is 486 g/mol. The molecule has 1 aromatic carbocycles. The van der Waals surface area contributed by atoms with Crippen molar-refractivity contribution in [1.29, 1.82) is 0 Å². The van der Waals surface area contributed by atoms with Crippen molar-refractivity contribution in [2.75, 3.05) is 40.3 Å². The molecule has 0 aliphatic heterocycles. The fourth-order valence-electron chi connectivity index (χ4n) is 2.75. The van der Waals surface area contributed by atoms with Crippen LogP contribution in [0.2, 0.25) is 0 Å². The summed E-state index contributed by atoms with van der Waals surface area (Å²) < 4.78 is 5.55. The number of guanidine groups is 1. The quantitative estimate of drug-likeness (QED) is 0.289. The number of nitrogens with one attached hydrogen (secondary N) is 2. The molecule has 27 heavy (non-hydrogen) atoms. The van der Waals surface area contributed by atoms with E-state index < -0.39 is 0 Å². The summed E-state index contributed by atoms with van der Waals surface area (Å²) in [4.78, 5) is 6.77. The number of hydrogen-bond donors (Lipinski definition) is 3. The Morgan fingerprint density at radius 1 is 1.15 bits per heavy atom. The molecule has 2 atom stereocenters. The molecule has 2 unspecified atom stereocenters. The molecule has 1 aromatic heterocycles. The third-order valence-corrected chi connectivity index (χ3v) is 4.26. The van der Waals surface area contributed by atoms with E-state index in [0.717, 1.165) is 23.8 Å². The van der Waals surface area contributed by atoms with Gasteiger partial charge in [-0.25, -0.2) is 0 Å². The van der Waals surface area contributed by atoms with Crippen LogP contribution in [0.1, 0.15) is 30.2 Å². The Kier molecular flexibility index (Phi) is 11.1. The number of hydrogen-bond acceptors (Lipinski definition) is 4. The minimum absolute atomic E-state index is 0. The number of benzene rings is 1. The van der Waals surface area contributed by atoms with Crippen LogP contribution in [0.15, 0.2) is 58.1 Å². The van der Waals surface area contributed by atoms with E-state index in [2.05, 4.69) is 20.5 Å². The maximum atomic E-state index is 9.71. The molecule has 3 N–H and O–H groups in total. The summed E-state index contributed by atoms with van der Waals surface area (Å²) in [5.41, 5.74) is 1.09. The number of nitrogens with zero attached hydrogens (tertiary/aromatic N) is 2. The first-order valence-electron chi connectivity index (χ1n) is 9.03. The zero-order valence-electron chi connectivity index (χ0n) is 16.3. The SMILES string of the molecule is CCNC(=NCC(CO)c1ccccc1)NCC(c1ccco1)N(C)C.I. The molecule has 0 saturated heterocycles. The smallest absolute Gasteiger partial charge is 0.191 e. The van der Waals surface area contributed by atoms with Gasteiger partial charge in [-0.15, -0.1) is 24.0 Å². The van der Waals surface area contributed by atoms with Crippen molar-refractivity contribution in [3.05, 3.63) is 60.1 Å². The summed E-state index contributed by atoms with van der Waals surface area (Å²) in [5, 5.41) is 16.3. The Labute approximate surface area is 179 Å². The Hall–Kier alpha value is -1.58. The van der Waals surface area contributed by atoms with Gasteiger partial charge in [0, 0.05) is 19.0 Å². The van der Waals surface area contributed by atoms with Crippen molar-refractivity contribution in [3.63, 3.8) is 0 Å². The zero-order chi connectivity index (χ0) is 18.8. The number of rotatable bonds is 9. The van der Waals surface area contributed by atoms with Crippen molar-refractivity contribution in [3.8, 4) is 0 Å². The van der Waals surface area contributed by atoms with E-state index in [1.54, 1.807) is 6.26 Å². The molecule has 150 valence electrons. The number of likely N-dealkylation sites (N-methyl/N-ethyl adjacent to an activating group) is 1. The predicted molar refractivity (Wildman–Crippen MR) is 121 cm³/mol. The van der Waals surface area contributed by atoms with Gasteiger partial charge >= 0.3 is 0 Å². The molecule has 0 radical (unpaired) electrons. The Morgan fingerprint density at radius 3 is 2.44 bits per heavy atom. The summed E-state index contributed by atoms with van der Waals surface area (Å²) >= 11 is 0. The lowest BCUT2D eigenvalue weighted by Gasteiger charge is -2.24. The van der Waals surface area contributed by atoms with Crippen LogP contribution in [0, 0.1) is 0 Å². The van der Waals surface area contributed by atoms with Gasteiger partial charge in [-0.2, -0.15) is 0 Å². The first kappa shape index (κ1) is 23.5. The topological polar surface area (TPSA) is 73.0 Å². The molecule has 0 bridgehead atoms. The van der Waals surface area contributed by atoms with Crippen molar-refractivity contribution in [2.24, 2.45) is 4.99 Å². The van der Waals surface area contributed by atoms with Crippen LogP contribution in [0.25, 0.3) is 0 Å². The Balaban J connectivity index is 0.00000364. The minimum atomic E-state index is -0.0126. The largest absolute Gasteiger partial charge is 0.468 e. The van der Waals surface area contributed by atoms with Gasteiger partial charge in [0.15, 0.2) is 5.96 Å². The molecule has 1 heterocycles. The standard InChI is InChI=1S/C20H30N4O2.HI/c1-4-21-20(22-13-17(15-25)16-9-6-5-7-10-16)23-14-18(24(2)3)19-11-8-12-26-19;/h5-12,17-18,25H,4,13-15H2,1-3H3,(H2,21,22,23);1H. The van der Waals surface area contributed by atoms with E-state index in [1.165, 1.54) is 0 Å². The maximum absolute atomic E-state index is 9.71. The van der Waals surface area contributed by atoms with Gasteiger partial charge in [0.1, 0.15) is 5.76 Å². The fourth-order valence-corrected chi connectivity index (χ4v) is 2.75. The monoisotopic (exact) mass is 486 g/mol. The molecular formula is C20H31IN4O2. The van der Waals surface area contributed by atoms with Crippen LogP contribution in [-0.2, 0) is 0 Å². The second-order valence-corrected chi connectivity index (χ2v) is 6.39. The number of aliphatic imine (C=N–C) groups is 1. The second-order valence-electron chi connectivity index (χ2n) is 6.39. The Morgan fingerprint density at radius 2 is 1.89 bits per heavy atom. The molecule has 0 fully saturated rings. The van der Waals surface area contributed by atoms with Crippen LogP contribution in [0.3, 0.4) is 0 Å². The number of aliphatic hydroxyl groups is 1. The number of furan rings is 1. The number of aliphatic hydroxyl groups excluding tert-OH is 1. The van der Waals surface area contributed by atoms with E-state index in [-0.39, 0.29) is 42.5 Å². The number of halogens is 1. The van der Waals surface area contributed by atoms with Gasteiger partial charge in [0.2, 0.25) is 0 Å². The third kappa shape index (κ3) is 7.51. The van der Waals surface area contributed by atoms with Crippen molar-refractivity contribution >= 4 is 29.9 Å². The summed E-state index contributed by atoms with van der Waals surface area (Å²) in [5.74, 6) is 1.64. The molecular weight excluding hydrogens is 455 g/mol. The van der Waals surface area contributed by atoms with Gasteiger partial charge in [0.05, 0.1) is 25.5 Å². The van der Waals surface area contributed by atoms with Gasteiger partial charge in [-0.1, -0.05) is 30.3 Å². The van der Waals surface area contributed by atoms with E-state index in [4.69, 9.17) is 4.42 Å². The lowest BCUT2D eigenvalue weighted by atomic mass is 10.0. The molecule has 6 nitrogen and oxygen atoms in total. The highest BCUT2D eigenvalue weighted by Gasteiger charge is 2.17. The molecule has 2 aromatic rings. The normalized spacial score (nSPS) is 13.7. The highest BCUT2D eigenvalue weighted by Crippen LogP contribution is 2.18. The van der Waals surface area contributed by atoms with Crippen LogP contribution in [-0.4, -0.2) is 56.3 Å². The lowest BCUT2D eigenvalue weighted by Crippen LogP contribution is -2.42. The van der Waals surface area contributed by atoms with E-state index >= 15 is 0 Å². The molecule has 0 spiro atoms. The molecule has 0 amide bonds. The maximum Gasteiger partial charge on any atom is 0.191 e. The molecule has 0 saturated carbocycles. The van der Waals surface area contributed by atoms with E-state index in [0.29, 0.717) is 13.1 Å². The highest BCUT2D eigenvalue weighted by molar-refractivity contribution is 14.0. The molecule has 7 heteroatoms. The van der Waals surface area contributed by atoms with E-state index in [1.807, 2.05) is 63.5 Å². The summed E-state index contributed by atoms with van der Waals surface area (Å²) in [6, 6.07) is 14.0. The van der Waals surface area contributed by atoms with Gasteiger partial charge in [-0.3, -0.25) is 9.89 Å². The first-order valence-corrected chi connectivity index (χ1v) is 9.03. The van der Waals surface area contributed by atoms with Gasteiger partial charge < -0.3 is 20.2 Å². The second kappa shape index (κ2) is 12.7. The summed E-state index contributed by atoms with van der Waals surface area (Å²) in [6.45, 7) is 4.06. The highest BCUT2D eigenvalue weighted by atomic mass is 127. The summed E-state index contributed by atoms with van der Waals surface area (Å²) in [7, 11) is 4.05. The van der Waals surface area contributed by atoms with Crippen molar-refractivity contribution < 1.29 is 9.52 Å². The predicted octanol–water partition coefficient (Wildman–Crippen LogP) is 2.83. The van der Waals surface area contributed by atoms with E-state index in [9.17, 15) is 5.11 Å². The van der Waals surface area contributed by atoms with Crippen LogP contribution in [0.4, 0.5) is 0 Å². The zero-order valence-corrected chi connectivity index (χ0v) is 18.6. The first-order chi connectivity index (χ1) is 12.7. The molecule has 2 rings (SSSR count). The summed E-state index contributed by atoms with van der Waals surface area (Å²) in [6.07, 6.45) is 1.69. The average Bonchev–Trinajstić information content (AvgIpc) is 3.17. The minimum Gasteiger partial charge on any atom is -0.468 e. The third-order valence-electron chi connectivity index (χ3n) is 4.26. The molecule has 0 aliphatic carbocycles. The van der Waals surface area contributed by atoms with Crippen LogP contribution >= 0.6 is 24.0 Å². The van der Waals surface area contributed by atoms with Gasteiger partial charge in [0.25, 0.3) is 0 Å². The lowest BCUT2D eigenvalue weighted by molar-refractivity contribution is 0.257. The van der Waals surface area contributed by atoms with Gasteiger partial charge in [-0.05, 0) is 38.7 Å². The van der Waals surface area contributed by atoms with Crippen LogP contribution < -0.4 is 10.6 Å². The van der Waals surface area contributed by atoms with Crippen molar-refractivity contribution in [1.82, 2.24) is 15.5 Å². The fraction of sp³-hybridized carbons (Fsp3) is 0.450. The molecule has 0 aliphatic rings. The van der Waals surface area contributed by atoms with Crippen molar-refractivity contribution in [2.45, 2.75) is 18.9 Å². The Bertz CT molecular complexity index is 647. The van der Waals surface area contributed by atoms with Crippen LogP contribution in [0.5, 0.6) is 0 Å².